The van der Waals surface area contributed by atoms with Crippen LogP contribution in [0.5, 0.6) is 0 Å². The quantitative estimate of drug-likeness (QED) is 0.836. The van der Waals surface area contributed by atoms with E-state index in [1.807, 2.05) is 31.2 Å². The van der Waals surface area contributed by atoms with E-state index in [1.165, 1.54) is 12.1 Å². The molecule has 1 aliphatic rings. The zero-order chi connectivity index (χ0) is 18.5. The van der Waals surface area contributed by atoms with E-state index < -0.39 is 11.7 Å². The van der Waals surface area contributed by atoms with Crippen LogP contribution < -0.4 is 10.6 Å². The average Bonchev–Trinajstić information content (AvgIpc) is 2.64. The molecule has 5 nitrogen and oxygen atoms in total. The fourth-order valence-electron chi connectivity index (χ4n) is 2.96. The Labute approximate surface area is 151 Å². The number of halogens is 1. The van der Waals surface area contributed by atoms with Gasteiger partial charge in [-0.15, -0.1) is 0 Å². The number of amides is 2. The number of carbonyl (C=O) groups excluding carboxylic acids is 2. The van der Waals surface area contributed by atoms with Gasteiger partial charge in [-0.2, -0.15) is 0 Å². The Bertz CT molecular complexity index is 805. The SMILES string of the molecule is CCOCc1ccc(CNC(=O)C2CC(=O)Nc3cc(F)ccc32)cc1. The first-order valence-corrected chi connectivity index (χ1v) is 8.59. The van der Waals surface area contributed by atoms with Crippen LogP contribution >= 0.6 is 0 Å². The molecule has 2 N–H and O–H groups in total. The summed E-state index contributed by atoms with van der Waals surface area (Å²) in [6.07, 6.45) is 0.0533. The fourth-order valence-corrected chi connectivity index (χ4v) is 2.96. The van der Waals surface area contributed by atoms with Crippen molar-refractivity contribution in [3.8, 4) is 0 Å². The van der Waals surface area contributed by atoms with E-state index in [1.54, 1.807) is 6.07 Å². The number of hydrogen-bond donors (Lipinski definition) is 2. The van der Waals surface area contributed by atoms with Gasteiger partial charge in [0, 0.05) is 25.3 Å². The molecule has 0 spiro atoms. The highest BCUT2D eigenvalue weighted by Crippen LogP contribution is 2.32. The Balaban J connectivity index is 1.64. The van der Waals surface area contributed by atoms with Crippen molar-refractivity contribution in [3.05, 3.63) is 65.0 Å². The number of nitrogens with one attached hydrogen (secondary N) is 2. The summed E-state index contributed by atoms with van der Waals surface area (Å²) in [5, 5.41) is 5.47. The monoisotopic (exact) mass is 356 g/mol. The minimum Gasteiger partial charge on any atom is -0.377 e. The number of ether oxygens (including phenoxy) is 1. The van der Waals surface area contributed by atoms with Gasteiger partial charge in [-0.1, -0.05) is 30.3 Å². The normalized spacial score (nSPS) is 15.9. The second-order valence-corrected chi connectivity index (χ2v) is 6.21. The minimum atomic E-state index is -0.614. The molecule has 1 atom stereocenters. The lowest BCUT2D eigenvalue weighted by Gasteiger charge is -2.25. The zero-order valence-electron chi connectivity index (χ0n) is 14.5. The highest BCUT2D eigenvalue weighted by Gasteiger charge is 2.30. The van der Waals surface area contributed by atoms with Gasteiger partial charge in [0.2, 0.25) is 11.8 Å². The van der Waals surface area contributed by atoms with Crippen molar-refractivity contribution >= 4 is 17.5 Å². The lowest BCUT2D eigenvalue weighted by atomic mass is 9.89. The number of hydrogen-bond acceptors (Lipinski definition) is 3. The van der Waals surface area contributed by atoms with Crippen molar-refractivity contribution in [2.75, 3.05) is 11.9 Å². The van der Waals surface area contributed by atoms with Gasteiger partial charge in [-0.3, -0.25) is 9.59 Å². The molecule has 2 aromatic rings. The summed E-state index contributed by atoms with van der Waals surface area (Å²) < 4.78 is 18.7. The first-order chi connectivity index (χ1) is 12.6. The number of anilines is 1. The van der Waals surface area contributed by atoms with Crippen molar-refractivity contribution in [2.45, 2.75) is 32.4 Å². The van der Waals surface area contributed by atoms with E-state index in [4.69, 9.17) is 4.74 Å². The molecule has 3 rings (SSSR count). The maximum absolute atomic E-state index is 13.4. The average molecular weight is 356 g/mol. The van der Waals surface area contributed by atoms with Crippen molar-refractivity contribution < 1.29 is 18.7 Å². The van der Waals surface area contributed by atoms with Crippen LogP contribution in [0.1, 0.15) is 36.0 Å². The molecule has 0 aromatic heterocycles. The van der Waals surface area contributed by atoms with Gasteiger partial charge >= 0.3 is 0 Å². The van der Waals surface area contributed by atoms with Gasteiger partial charge in [0.05, 0.1) is 12.5 Å². The molecular weight excluding hydrogens is 335 g/mol. The predicted octanol–water partition coefficient (Wildman–Crippen LogP) is 3.10. The molecule has 0 saturated carbocycles. The molecular formula is C20H21FN2O3. The maximum Gasteiger partial charge on any atom is 0.228 e. The molecule has 0 fully saturated rings. The molecule has 2 amide bonds. The van der Waals surface area contributed by atoms with Crippen molar-refractivity contribution in [3.63, 3.8) is 0 Å². The van der Waals surface area contributed by atoms with Crippen LogP contribution in [0.3, 0.4) is 0 Å². The Kier molecular flexibility index (Phi) is 5.63. The van der Waals surface area contributed by atoms with Gasteiger partial charge in [-0.05, 0) is 35.7 Å². The number of rotatable bonds is 6. The van der Waals surface area contributed by atoms with Crippen molar-refractivity contribution in [2.24, 2.45) is 0 Å². The summed E-state index contributed by atoms with van der Waals surface area (Å²) in [5.74, 6) is -1.59. The molecule has 0 saturated heterocycles. The van der Waals surface area contributed by atoms with E-state index in [2.05, 4.69) is 10.6 Å². The molecule has 0 bridgehead atoms. The van der Waals surface area contributed by atoms with Gasteiger partial charge < -0.3 is 15.4 Å². The highest BCUT2D eigenvalue weighted by molar-refractivity contribution is 6.01. The van der Waals surface area contributed by atoms with Crippen LogP contribution in [0.15, 0.2) is 42.5 Å². The summed E-state index contributed by atoms with van der Waals surface area (Å²) in [4.78, 5) is 24.4. The number of fused-ring (bicyclic) bond motifs is 1. The van der Waals surface area contributed by atoms with Gasteiger partial charge in [0.15, 0.2) is 0 Å². The zero-order valence-corrected chi connectivity index (χ0v) is 14.5. The first-order valence-electron chi connectivity index (χ1n) is 8.59. The maximum atomic E-state index is 13.4. The molecule has 136 valence electrons. The predicted molar refractivity (Wildman–Crippen MR) is 96.0 cm³/mol. The van der Waals surface area contributed by atoms with Gasteiger partial charge in [-0.25, -0.2) is 4.39 Å². The van der Waals surface area contributed by atoms with Crippen LogP contribution in [-0.2, 0) is 27.5 Å². The summed E-state index contributed by atoms with van der Waals surface area (Å²) in [5.41, 5.74) is 3.03. The topological polar surface area (TPSA) is 67.4 Å². The molecule has 0 aliphatic carbocycles. The van der Waals surface area contributed by atoms with Crippen molar-refractivity contribution in [1.29, 1.82) is 0 Å². The fraction of sp³-hybridized carbons (Fsp3) is 0.300. The van der Waals surface area contributed by atoms with E-state index in [0.29, 0.717) is 31.0 Å². The van der Waals surface area contributed by atoms with Gasteiger partial charge in [0.25, 0.3) is 0 Å². The smallest absolute Gasteiger partial charge is 0.228 e. The minimum absolute atomic E-state index is 0.0533. The van der Waals surface area contributed by atoms with E-state index in [9.17, 15) is 14.0 Å². The van der Waals surface area contributed by atoms with E-state index in [-0.39, 0.29) is 18.2 Å². The molecule has 6 heteroatoms. The van der Waals surface area contributed by atoms with Crippen LogP contribution in [-0.4, -0.2) is 18.4 Å². The van der Waals surface area contributed by atoms with E-state index in [0.717, 1.165) is 11.1 Å². The number of carbonyl (C=O) groups is 2. The Morgan fingerprint density at radius 3 is 2.69 bits per heavy atom. The molecule has 2 aromatic carbocycles. The lowest BCUT2D eigenvalue weighted by Crippen LogP contribution is -2.34. The second-order valence-electron chi connectivity index (χ2n) is 6.21. The summed E-state index contributed by atoms with van der Waals surface area (Å²) in [7, 11) is 0. The molecule has 1 unspecified atom stereocenters. The lowest BCUT2D eigenvalue weighted by molar-refractivity contribution is -0.126. The molecule has 0 radical (unpaired) electrons. The summed E-state index contributed by atoms with van der Waals surface area (Å²) >= 11 is 0. The number of benzene rings is 2. The third kappa shape index (κ3) is 4.26. The standard InChI is InChI=1S/C20H21FN2O3/c1-2-26-12-14-5-3-13(4-6-14)11-22-20(25)17-10-19(24)23-18-9-15(21)7-8-16(17)18/h3-9,17H,2,10-12H2,1H3,(H,22,25)(H,23,24). The molecule has 1 aliphatic heterocycles. The van der Waals surface area contributed by atoms with Crippen LogP contribution in [0, 0.1) is 5.82 Å². The van der Waals surface area contributed by atoms with Crippen molar-refractivity contribution in [1.82, 2.24) is 5.32 Å². The summed E-state index contributed by atoms with van der Waals surface area (Å²) in [6.45, 7) is 3.54. The Morgan fingerprint density at radius 1 is 1.23 bits per heavy atom. The Morgan fingerprint density at radius 2 is 1.96 bits per heavy atom. The Hall–Kier alpha value is -2.73. The van der Waals surface area contributed by atoms with Gasteiger partial charge in [0.1, 0.15) is 5.82 Å². The molecule has 1 heterocycles. The van der Waals surface area contributed by atoms with E-state index >= 15 is 0 Å². The first kappa shape index (κ1) is 18.1. The van der Waals surface area contributed by atoms with Crippen LogP contribution in [0.2, 0.25) is 0 Å². The largest absolute Gasteiger partial charge is 0.377 e. The van der Waals surface area contributed by atoms with Crippen LogP contribution in [0.25, 0.3) is 0 Å². The highest BCUT2D eigenvalue weighted by atomic mass is 19.1. The third-order valence-corrected chi connectivity index (χ3v) is 4.33. The van der Waals surface area contributed by atoms with Crippen LogP contribution in [0.4, 0.5) is 10.1 Å². The molecule has 26 heavy (non-hydrogen) atoms. The summed E-state index contributed by atoms with van der Waals surface area (Å²) in [6, 6.07) is 11.9. The second kappa shape index (κ2) is 8.10. The third-order valence-electron chi connectivity index (χ3n) is 4.33.